The number of piperazine rings is 1. The first kappa shape index (κ1) is 12.0. The predicted molar refractivity (Wildman–Crippen MR) is 68.1 cm³/mol. The van der Waals surface area contributed by atoms with Crippen molar-refractivity contribution in [1.29, 1.82) is 0 Å². The van der Waals surface area contributed by atoms with Gasteiger partial charge < -0.3 is 16.0 Å². The zero-order valence-corrected chi connectivity index (χ0v) is 10.6. The van der Waals surface area contributed by atoms with Crippen LogP contribution in [-0.2, 0) is 4.79 Å². The second-order valence-electron chi connectivity index (χ2n) is 4.55. The maximum absolute atomic E-state index is 11.8. The highest BCUT2D eigenvalue weighted by molar-refractivity contribution is 6.29. The number of amides is 1. The SMILES string of the molecule is CC1(C)C(=O)NCCN1c1cc(N)cc(Cl)n1. The first-order valence-electron chi connectivity index (χ1n) is 5.40. The predicted octanol–water partition coefficient (Wildman–Crippen LogP) is 1.03. The molecule has 17 heavy (non-hydrogen) atoms. The van der Waals surface area contributed by atoms with E-state index in [0.717, 1.165) is 0 Å². The first-order valence-corrected chi connectivity index (χ1v) is 5.78. The minimum Gasteiger partial charge on any atom is -0.399 e. The van der Waals surface area contributed by atoms with E-state index in [9.17, 15) is 4.79 Å². The number of pyridine rings is 1. The summed E-state index contributed by atoms with van der Waals surface area (Å²) < 4.78 is 0. The summed E-state index contributed by atoms with van der Waals surface area (Å²) in [5.41, 5.74) is 5.63. The molecular formula is C11H15ClN4O. The molecule has 2 rings (SSSR count). The summed E-state index contributed by atoms with van der Waals surface area (Å²) in [4.78, 5) is 18.0. The van der Waals surface area contributed by atoms with Gasteiger partial charge in [-0.15, -0.1) is 0 Å². The van der Waals surface area contributed by atoms with E-state index in [1.54, 1.807) is 12.1 Å². The van der Waals surface area contributed by atoms with Crippen molar-refractivity contribution in [3.8, 4) is 0 Å². The van der Waals surface area contributed by atoms with Crippen LogP contribution < -0.4 is 16.0 Å². The molecule has 0 saturated carbocycles. The number of nitrogens with one attached hydrogen (secondary N) is 1. The third kappa shape index (κ3) is 2.15. The fraction of sp³-hybridized carbons (Fsp3) is 0.455. The van der Waals surface area contributed by atoms with E-state index in [0.29, 0.717) is 29.7 Å². The lowest BCUT2D eigenvalue weighted by Crippen LogP contribution is -2.62. The van der Waals surface area contributed by atoms with Crippen LogP contribution in [0.1, 0.15) is 13.8 Å². The smallest absolute Gasteiger partial charge is 0.245 e. The summed E-state index contributed by atoms with van der Waals surface area (Å²) in [6.07, 6.45) is 0. The van der Waals surface area contributed by atoms with Gasteiger partial charge in [0, 0.05) is 24.8 Å². The topological polar surface area (TPSA) is 71.2 Å². The van der Waals surface area contributed by atoms with Gasteiger partial charge in [-0.3, -0.25) is 4.79 Å². The lowest BCUT2D eigenvalue weighted by molar-refractivity contribution is -0.126. The summed E-state index contributed by atoms with van der Waals surface area (Å²) in [6, 6.07) is 3.31. The summed E-state index contributed by atoms with van der Waals surface area (Å²) in [5.74, 6) is 0.610. The molecule has 1 fully saturated rings. The Morgan fingerprint density at radius 1 is 1.53 bits per heavy atom. The van der Waals surface area contributed by atoms with Crippen molar-refractivity contribution in [1.82, 2.24) is 10.3 Å². The van der Waals surface area contributed by atoms with Crippen LogP contribution in [0.25, 0.3) is 0 Å². The number of carbonyl (C=O) groups is 1. The molecule has 6 heteroatoms. The van der Waals surface area contributed by atoms with Crippen molar-refractivity contribution < 1.29 is 4.79 Å². The zero-order chi connectivity index (χ0) is 12.6. The molecule has 1 saturated heterocycles. The lowest BCUT2D eigenvalue weighted by atomic mass is 9.99. The van der Waals surface area contributed by atoms with E-state index in [-0.39, 0.29) is 5.91 Å². The normalized spacial score (nSPS) is 19.0. The number of rotatable bonds is 1. The van der Waals surface area contributed by atoms with Gasteiger partial charge in [0.1, 0.15) is 16.5 Å². The van der Waals surface area contributed by atoms with Crippen LogP contribution in [-0.4, -0.2) is 29.5 Å². The van der Waals surface area contributed by atoms with Gasteiger partial charge in [0.25, 0.3) is 0 Å². The highest BCUT2D eigenvalue weighted by Crippen LogP contribution is 2.27. The van der Waals surface area contributed by atoms with E-state index < -0.39 is 5.54 Å². The molecule has 2 heterocycles. The summed E-state index contributed by atoms with van der Waals surface area (Å²) in [5, 5.41) is 3.16. The second-order valence-corrected chi connectivity index (χ2v) is 4.94. The number of nitrogens with two attached hydrogens (primary N) is 1. The molecule has 3 N–H and O–H groups in total. The summed E-state index contributed by atoms with van der Waals surface area (Å²) >= 11 is 5.88. The Balaban J connectivity index is 2.41. The number of halogens is 1. The van der Waals surface area contributed by atoms with Crippen molar-refractivity contribution in [3.05, 3.63) is 17.3 Å². The molecule has 0 radical (unpaired) electrons. The van der Waals surface area contributed by atoms with Gasteiger partial charge in [-0.25, -0.2) is 4.98 Å². The number of nitrogen functional groups attached to an aromatic ring is 1. The Bertz CT molecular complexity index is 441. The number of nitrogens with zero attached hydrogens (tertiary/aromatic N) is 2. The van der Waals surface area contributed by atoms with Gasteiger partial charge in [0.05, 0.1) is 0 Å². The van der Waals surface area contributed by atoms with Crippen LogP contribution in [0.2, 0.25) is 5.15 Å². The quantitative estimate of drug-likeness (QED) is 0.735. The third-order valence-corrected chi connectivity index (χ3v) is 3.12. The molecule has 1 aromatic heterocycles. The minimum atomic E-state index is -0.650. The van der Waals surface area contributed by atoms with E-state index in [1.807, 2.05) is 18.7 Å². The van der Waals surface area contributed by atoms with Crippen molar-refractivity contribution in [2.75, 3.05) is 23.7 Å². The Kier molecular flexibility index (Phi) is 2.87. The summed E-state index contributed by atoms with van der Waals surface area (Å²) in [7, 11) is 0. The van der Waals surface area contributed by atoms with Crippen LogP contribution in [0.4, 0.5) is 11.5 Å². The highest BCUT2D eigenvalue weighted by Gasteiger charge is 2.38. The van der Waals surface area contributed by atoms with Crippen LogP contribution in [0.5, 0.6) is 0 Å². The van der Waals surface area contributed by atoms with Gasteiger partial charge in [0.2, 0.25) is 5.91 Å². The second kappa shape index (κ2) is 4.07. The van der Waals surface area contributed by atoms with Gasteiger partial charge >= 0.3 is 0 Å². The molecule has 0 bridgehead atoms. The van der Waals surface area contributed by atoms with Gasteiger partial charge in [-0.2, -0.15) is 0 Å². The van der Waals surface area contributed by atoms with Gasteiger partial charge in [-0.1, -0.05) is 11.6 Å². The number of anilines is 2. The molecule has 0 aliphatic carbocycles. The van der Waals surface area contributed by atoms with E-state index in [4.69, 9.17) is 17.3 Å². The Morgan fingerprint density at radius 3 is 2.88 bits per heavy atom. The van der Waals surface area contributed by atoms with Crippen LogP contribution in [0.3, 0.4) is 0 Å². The molecule has 1 amide bonds. The minimum absolute atomic E-state index is 0.0240. The van der Waals surface area contributed by atoms with Crippen molar-refractivity contribution in [2.45, 2.75) is 19.4 Å². The lowest BCUT2D eigenvalue weighted by Gasteiger charge is -2.42. The van der Waals surface area contributed by atoms with Crippen molar-refractivity contribution >= 4 is 29.0 Å². The van der Waals surface area contributed by atoms with E-state index in [2.05, 4.69) is 10.3 Å². The number of carbonyl (C=O) groups excluding carboxylic acids is 1. The molecule has 1 aliphatic heterocycles. The summed E-state index contributed by atoms with van der Waals surface area (Å²) in [6.45, 7) is 4.97. The average Bonchev–Trinajstić information content (AvgIpc) is 2.20. The van der Waals surface area contributed by atoms with Crippen molar-refractivity contribution in [2.24, 2.45) is 0 Å². The molecule has 1 aliphatic rings. The fourth-order valence-corrected chi connectivity index (χ4v) is 2.15. The van der Waals surface area contributed by atoms with Gasteiger partial charge in [-0.05, 0) is 19.9 Å². The first-order chi connectivity index (χ1) is 7.91. The van der Waals surface area contributed by atoms with Gasteiger partial charge in [0.15, 0.2) is 0 Å². The Hall–Kier alpha value is -1.49. The van der Waals surface area contributed by atoms with Crippen molar-refractivity contribution in [3.63, 3.8) is 0 Å². The monoisotopic (exact) mass is 254 g/mol. The average molecular weight is 255 g/mol. The number of hydrogen-bond donors (Lipinski definition) is 2. The van der Waals surface area contributed by atoms with Crippen LogP contribution >= 0.6 is 11.6 Å². The third-order valence-electron chi connectivity index (χ3n) is 2.93. The fourth-order valence-electron chi connectivity index (χ4n) is 1.94. The molecule has 0 unspecified atom stereocenters. The van der Waals surface area contributed by atoms with E-state index in [1.165, 1.54) is 0 Å². The molecule has 92 valence electrons. The maximum atomic E-state index is 11.8. The van der Waals surface area contributed by atoms with E-state index >= 15 is 0 Å². The van der Waals surface area contributed by atoms with Crippen LogP contribution in [0.15, 0.2) is 12.1 Å². The Labute approximate surface area is 105 Å². The van der Waals surface area contributed by atoms with Crippen LogP contribution in [0, 0.1) is 0 Å². The maximum Gasteiger partial charge on any atom is 0.245 e. The number of hydrogen-bond acceptors (Lipinski definition) is 4. The number of aromatic nitrogens is 1. The highest BCUT2D eigenvalue weighted by atomic mass is 35.5. The zero-order valence-electron chi connectivity index (χ0n) is 9.83. The molecule has 0 aromatic carbocycles. The standard InChI is InChI=1S/C11H15ClN4O/c1-11(2)10(17)14-3-4-16(11)9-6-7(13)5-8(12)15-9/h5-6H,3-4H2,1-2H3,(H2,13,15)(H,14,17). The Morgan fingerprint density at radius 2 is 2.24 bits per heavy atom. The molecular weight excluding hydrogens is 240 g/mol. The molecule has 5 nitrogen and oxygen atoms in total. The molecule has 0 spiro atoms. The molecule has 1 aromatic rings. The molecule has 0 atom stereocenters. The largest absolute Gasteiger partial charge is 0.399 e.